The molecule has 0 atom stereocenters. The Hall–Kier alpha value is -2.57. The van der Waals surface area contributed by atoms with Crippen molar-refractivity contribution in [2.45, 2.75) is 11.8 Å². The number of amides is 2. The molecule has 0 saturated carbocycles. The van der Waals surface area contributed by atoms with Crippen LogP contribution in [0.25, 0.3) is 0 Å². The Morgan fingerprint density at radius 2 is 1.54 bits per heavy atom. The Labute approximate surface area is 176 Å². The van der Waals surface area contributed by atoms with Crippen LogP contribution in [-0.4, -0.2) is 17.6 Å². The highest BCUT2D eigenvalue weighted by atomic mass is 79.9. The molecule has 4 nitrogen and oxygen atoms in total. The normalized spacial score (nSPS) is 10.4. The Balaban J connectivity index is 1.64. The van der Waals surface area contributed by atoms with Crippen LogP contribution in [-0.2, 0) is 4.79 Å². The quantitative estimate of drug-likeness (QED) is 0.466. The Morgan fingerprint density at radius 3 is 2.21 bits per heavy atom. The Morgan fingerprint density at radius 1 is 0.893 bits per heavy atom. The van der Waals surface area contributed by atoms with Crippen LogP contribution in [0, 0.1) is 6.92 Å². The standard InChI is InChI=1S/C22H19BrN2O2S/c1-15-13-17(23)11-12-20(15)28-14-21(26)24-18-9-5-6-10-19(18)25-22(27)16-7-3-2-4-8-16/h2-13H,14H2,1H3,(H,24,26)(H,25,27). The van der Waals surface area contributed by atoms with E-state index in [1.165, 1.54) is 11.8 Å². The fourth-order valence-corrected chi connectivity index (χ4v) is 3.87. The smallest absolute Gasteiger partial charge is 0.255 e. The van der Waals surface area contributed by atoms with Crippen LogP contribution in [0.2, 0.25) is 0 Å². The van der Waals surface area contributed by atoms with Crippen molar-refractivity contribution in [3.63, 3.8) is 0 Å². The number of nitrogens with one attached hydrogen (secondary N) is 2. The van der Waals surface area contributed by atoms with Crippen LogP contribution in [0.1, 0.15) is 15.9 Å². The van der Waals surface area contributed by atoms with E-state index >= 15 is 0 Å². The summed E-state index contributed by atoms with van der Waals surface area (Å²) >= 11 is 4.92. The van der Waals surface area contributed by atoms with Gasteiger partial charge in [0.2, 0.25) is 5.91 Å². The summed E-state index contributed by atoms with van der Waals surface area (Å²) in [4.78, 5) is 25.9. The molecule has 6 heteroatoms. The number of carbonyl (C=O) groups is 2. The molecule has 0 spiro atoms. The Bertz CT molecular complexity index is 993. The van der Waals surface area contributed by atoms with E-state index in [0.29, 0.717) is 16.9 Å². The summed E-state index contributed by atoms with van der Waals surface area (Å²) in [6.45, 7) is 2.01. The molecule has 0 saturated heterocycles. The van der Waals surface area contributed by atoms with Gasteiger partial charge in [0.15, 0.2) is 0 Å². The van der Waals surface area contributed by atoms with Gasteiger partial charge in [-0.05, 0) is 55.0 Å². The lowest BCUT2D eigenvalue weighted by Crippen LogP contribution is -2.18. The number of halogens is 1. The molecule has 0 unspecified atom stereocenters. The summed E-state index contributed by atoms with van der Waals surface area (Å²) in [5, 5.41) is 5.74. The maximum atomic E-state index is 12.4. The zero-order valence-corrected chi connectivity index (χ0v) is 17.6. The lowest BCUT2D eigenvalue weighted by atomic mass is 10.2. The molecule has 0 aliphatic heterocycles. The van der Waals surface area contributed by atoms with Crippen molar-refractivity contribution < 1.29 is 9.59 Å². The van der Waals surface area contributed by atoms with Gasteiger partial charge in [0.05, 0.1) is 17.1 Å². The number of para-hydroxylation sites is 2. The number of anilines is 2. The second-order valence-corrected chi connectivity index (χ2v) is 8.05. The van der Waals surface area contributed by atoms with Crippen LogP contribution in [0.5, 0.6) is 0 Å². The van der Waals surface area contributed by atoms with Crippen molar-refractivity contribution in [1.82, 2.24) is 0 Å². The van der Waals surface area contributed by atoms with E-state index in [0.717, 1.165) is 14.9 Å². The van der Waals surface area contributed by atoms with Crippen LogP contribution >= 0.6 is 27.7 Å². The SMILES string of the molecule is Cc1cc(Br)ccc1SCC(=O)Nc1ccccc1NC(=O)c1ccccc1. The fraction of sp³-hybridized carbons (Fsp3) is 0.0909. The second kappa shape index (κ2) is 9.57. The average Bonchev–Trinajstić information content (AvgIpc) is 2.69. The summed E-state index contributed by atoms with van der Waals surface area (Å²) in [5.41, 5.74) is 2.81. The third kappa shape index (κ3) is 5.47. The van der Waals surface area contributed by atoms with Gasteiger partial charge in [0.25, 0.3) is 5.91 Å². The number of hydrogen-bond donors (Lipinski definition) is 2. The van der Waals surface area contributed by atoms with Crippen LogP contribution in [0.4, 0.5) is 11.4 Å². The number of thioether (sulfide) groups is 1. The second-order valence-electron chi connectivity index (χ2n) is 6.11. The van der Waals surface area contributed by atoms with Crippen molar-refractivity contribution in [2.75, 3.05) is 16.4 Å². The Kier molecular flexibility index (Phi) is 6.90. The maximum absolute atomic E-state index is 12.4. The van der Waals surface area contributed by atoms with Crippen molar-refractivity contribution in [3.8, 4) is 0 Å². The van der Waals surface area contributed by atoms with Gasteiger partial charge in [0, 0.05) is 14.9 Å². The van der Waals surface area contributed by atoms with Gasteiger partial charge in [-0.3, -0.25) is 9.59 Å². The topological polar surface area (TPSA) is 58.2 Å². The number of benzene rings is 3. The zero-order chi connectivity index (χ0) is 19.9. The van der Waals surface area contributed by atoms with Crippen molar-refractivity contribution in [1.29, 1.82) is 0 Å². The first-order valence-electron chi connectivity index (χ1n) is 8.67. The molecule has 3 aromatic rings. The molecule has 0 heterocycles. The predicted molar refractivity (Wildman–Crippen MR) is 119 cm³/mol. The van der Waals surface area contributed by atoms with Crippen LogP contribution in [0.15, 0.2) is 82.2 Å². The molecule has 0 fully saturated rings. The molecule has 0 aliphatic rings. The zero-order valence-electron chi connectivity index (χ0n) is 15.2. The van der Waals surface area contributed by atoms with E-state index in [-0.39, 0.29) is 17.6 Å². The molecule has 2 N–H and O–H groups in total. The number of carbonyl (C=O) groups excluding carboxylic acids is 2. The van der Waals surface area contributed by atoms with Gasteiger partial charge >= 0.3 is 0 Å². The lowest BCUT2D eigenvalue weighted by molar-refractivity contribution is -0.113. The van der Waals surface area contributed by atoms with Gasteiger partial charge in [-0.1, -0.05) is 46.3 Å². The molecule has 3 rings (SSSR count). The fourth-order valence-electron chi connectivity index (χ4n) is 2.59. The van der Waals surface area contributed by atoms with Crippen molar-refractivity contribution in [2.24, 2.45) is 0 Å². The van der Waals surface area contributed by atoms with Crippen LogP contribution in [0.3, 0.4) is 0 Å². The first kappa shape index (κ1) is 20.2. The molecule has 0 aromatic heterocycles. The first-order valence-corrected chi connectivity index (χ1v) is 10.4. The highest BCUT2D eigenvalue weighted by Gasteiger charge is 2.11. The molecule has 0 bridgehead atoms. The van der Waals surface area contributed by atoms with Crippen molar-refractivity contribution in [3.05, 3.63) is 88.4 Å². The molecule has 0 aliphatic carbocycles. The predicted octanol–water partition coefficient (Wildman–Crippen LogP) is 5.74. The van der Waals surface area contributed by atoms with E-state index in [2.05, 4.69) is 26.6 Å². The third-order valence-electron chi connectivity index (χ3n) is 3.98. The highest BCUT2D eigenvalue weighted by Crippen LogP contribution is 2.26. The molecule has 3 aromatic carbocycles. The maximum Gasteiger partial charge on any atom is 0.255 e. The summed E-state index contributed by atoms with van der Waals surface area (Å²) in [6, 6.07) is 22.1. The number of aryl methyl sites for hydroxylation is 1. The minimum Gasteiger partial charge on any atom is -0.324 e. The molecule has 142 valence electrons. The number of rotatable bonds is 6. The van der Waals surface area contributed by atoms with E-state index in [1.54, 1.807) is 24.3 Å². The van der Waals surface area contributed by atoms with Gasteiger partial charge in [-0.25, -0.2) is 0 Å². The monoisotopic (exact) mass is 454 g/mol. The third-order valence-corrected chi connectivity index (χ3v) is 5.65. The van der Waals surface area contributed by atoms with Gasteiger partial charge in [-0.15, -0.1) is 11.8 Å². The van der Waals surface area contributed by atoms with E-state index in [1.807, 2.05) is 55.5 Å². The molecule has 28 heavy (non-hydrogen) atoms. The number of hydrogen-bond acceptors (Lipinski definition) is 3. The van der Waals surface area contributed by atoms with E-state index in [4.69, 9.17) is 0 Å². The summed E-state index contributed by atoms with van der Waals surface area (Å²) < 4.78 is 1.02. The summed E-state index contributed by atoms with van der Waals surface area (Å²) in [5.74, 6) is -0.0698. The molecular formula is C22H19BrN2O2S. The van der Waals surface area contributed by atoms with Gasteiger partial charge in [0.1, 0.15) is 0 Å². The van der Waals surface area contributed by atoms with Gasteiger partial charge < -0.3 is 10.6 Å². The molecular weight excluding hydrogens is 436 g/mol. The molecule has 2 amide bonds. The minimum absolute atomic E-state index is 0.131. The average molecular weight is 455 g/mol. The minimum atomic E-state index is -0.220. The summed E-state index contributed by atoms with van der Waals surface area (Å²) in [6.07, 6.45) is 0. The summed E-state index contributed by atoms with van der Waals surface area (Å²) in [7, 11) is 0. The highest BCUT2D eigenvalue weighted by molar-refractivity contribution is 9.10. The van der Waals surface area contributed by atoms with Crippen molar-refractivity contribution >= 4 is 50.9 Å². The van der Waals surface area contributed by atoms with E-state index < -0.39 is 0 Å². The molecule has 0 radical (unpaired) electrons. The first-order chi connectivity index (χ1) is 13.5. The largest absolute Gasteiger partial charge is 0.324 e. The van der Waals surface area contributed by atoms with Crippen LogP contribution < -0.4 is 10.6 Å². The van der Waals surface area contributed by atoms with E-state index in [9.17, 15) is 9.59 Å². The van der Waals surface area contributed by atoms with Gasteiger partial charge in [-0.2, -0.15) is 0 Å². The lowest BCUT2D eigenvalue weighted by Gasteiger charge is -2.12.